The summed E-state index contributed by atoms with van der Waals surface area (Å²) >= 11 is 9.43. The van der Waals surface area contributed by atoms with Gasteiger partial charge >= 0.3 is 0 Å². The van der Waals surface area contributed by atoms with E-state index in [1.807, 2.05) is 28.8 Å². The van der Waals surface area contributed by atoms with E-state index in [4.69, 9.17) is 17.3 Å². The van der Waals surface area contributed by atoms with Crippen molar-refractivity contribution in [3.05, 3.63) is 39.6 Å². The SMILES string of the molecule is CCCCNc1nc(N)c2nc(Br)n(Cc3ccc(Cl)cc3)c2n1. The highest BCUT2D eigenvalue weighted by atomic mass is 79.9. The Labute approximate surface area is 153 Å². The molecule has 3 N–H and O–H groups in total. The third-order valence-electron chi connectivity index (χ3n) is 3.64. The van der Waals surface area contributed by atoms with Crippen molar-refractivity contribution in [2.45, 2.75) is 26.3 Å². The zero-order valence-corrected chi connectivity index (χ0v) is 15.6. The third kappa shape index (κ3) is 3.62. The van der Waals surface area contributed by atoms with Gasteiger partial charge in [-0.2, -0.15) is 9.97 Å². The number of hydrogen-bond acceptors (Lipinski definition) is 5. The number of halogens is 2. The van der Waals surface area contributed by atoms with E-state index in [2.05, 4.69) is 43.1 Å². The molecule has 0 atom stereocenters. The van der Waals surface area contributed by atoms with Crippen molar-refractivity contribution in [3.8, 4) is 0 Å². The van der Waals surface area contributed by atoms with Crippen LogP contribution in [0.2, 0.25) is 5.02 Å². The molecule has 0 bridgehead atoms. The van der Waals surface area contributed by atoms with Gasteiger partial charge in [0.25, 0.3) is 0 Å². The Morgan fingerprint density at radius 2 is 1.96 bits per heavy atom. The summed E-state index contributed by atoms with van der Waals surface area (Å²) in [5.41, 5.74) is 8.44. The second-order valence-electron chi connectivity index (χ2n) is 5.48. The van der Waals surface area contributed by atoms with E-state index in [1.165, 1.54) is 0 Å². The van der Waals surface area contributed by atoms with Gasteiger partial charge in [0.1, 0.15) is 0 Å². The van der Waals surface area contributed by atoms with Crippen LogP contribution < -0.4 is 11.1 Å². The van der Waals surface area contributed by atoms with Crippen molar-refractivity contribution in [3.63, 3.8) is 0 Å². The number of anilines is 2. The lowest BCUT2D eigenvalue weighted by Crippen LogP contribution is -2.08. The minimum Gasteiger partial charge on any atom is -0.382 e. The number of nitrogens with one attached hydrogen (secondary N) is 1. The van der Waals surface area contributed by atoms with Crippen LogP contribution in [-0.4, -0.2) is 26.1 Å². The molecule has 0 aliphatic heterocycles. The van der Waals surface area contributed by atoms with Crippen molar-refractivity contribution in [2.24, 2.45) is 0 Å². The molecule has 126 valence electrons. The average Bonchev–Trinajstić information content (AvgIpc) is 2.87. The van der Waals surface area contributed by atoms with Gasteiger partial charge in [-0.25, -0.2) is 4.98 Å². The second-order valence-corrected chi connectivity index (χ2v) is 6.62. The standard InChI is InChI=1S/C16H18BrClN6/c1-2-3-8-20-16-22-13(19)12-14(23-16)24(15(17)21-12)9-10-4-6-11(18)7-5-10/h4-7H,2-3,8-9H2,1H3,(H3,19,20,22,23). The van der Waals surface area contributed by atoms with Crippen LogP contribution in [0.1, 0.15) is 25.3 Å². The van der Waals surface area contributed by atoms with Gasteiger partial charge < -0.3 is 11.1 Å². The summed E-state index contributed by atoms with van der Waals surface area (Å²) in [7, 11) is 0. The molecule has 0 unspecified atom stereocenters. The summed E-state index contributed by atoms with van der Waals surface area (Å²) in [4.78, 5) is 13.3. The maximum Gasteiger partial charge on any atom is 0.226 e. The second kappa shape index (κ2) is 7.36. The molecule has 0 fully saturated rings. The lowest BCUT2D eigenvalue weighted by molar-refractivity contribution is 0.788. The monoisotopic (exact) mass is 408 g/mol. The van der Waals surface area contributed by atoms with Gasteiger partial charge in [0.15, 0.2) is 21.7 Å². The number of nitrogens with zero attached hydrogens (tertiary/aromatic N) is 4. The summed E-state index contributed by atoms with van der Waals surface area (Å²) in [6.45, 7) is 3.56. The molecule has 0 radical (unpaired) electrons. The summed E-state index contributed by atoms with van der Waals surface area (Å²) in [6, 6.07) is 7.69. The first-order valence-corrected chi connectivity index (χ1v) is 8.93. The van der Waals surface area contributed by atoms with E-state index in [9.17, 15) is 0 Å². The topological polar surface area (TPSA) is 81.6 Å². The summed E-state index contributed by atoms with van der Waals surface area (Å²) in [5.74, 6) is 0.896. The predicted octanol–water partition coefficient (Wildman–Crippen LogP) is 4.08. The fraction of sp³-hybridized carbons (Fsp3) is 0.312. The Kier molecular flexibility index (Phi) is 5.20. The number of benzene rings is 1. The molecule has 3 aromatic rings. The zero-order valence-electron chi connectivity index (χ0n) is 13.3. The molecule has 6 nitrogen and oxygen atoms in total. The summed E-state index contributed by atoms with van der Waals surface area (Å²) in [6.07, 6.45) is 2.15. The number of nitrogen functional groups attached to an aromatic ring is 1. The molecule has 1 aromatic carbocycles. The van der Waals surface area contributed by atoms with Crippen molar-refractivity contribution >= 4 is 50.5 Å². The van der Waals surface area contributed by atoms with Gasteiger partial charge in [0.2, 0.25) is 5.95 Å². The predicted molar refractivity (Wildman–Crippen MR) is 101 cm³/mol. The molecule has 0 aliphatic carbocycles. The maximum absolute atomic E-state index is 6.05. The molecule has 24 heavy (non-hydrogen) atoms. The van der Waals surface area contributed by atoms with Gasteiger partial charge in [0.05, 0.1) is 6.54 Å². The lowest BCUT2D eigenvalue weighted by atomic mass is 10.2. The number of fused-ring (bicyclic) bond motifs is 1. The normalized spacial score (nSPS) is 11.1. The number of nitrogens with two attached hydrogens (primary N) is 1. The van der Waals surface area contributed by atoms with Crippen LogP contribution in [0.15, 0.2) is 29.0 Å². The number of rotatable bonds is 6. The highest BCUT2D eigenvalue weighted by Gasteiger charge is 2.15. The third-order valence-corrected chi connectivity index (χ3v) is 4.50. The van der Waals surface area contributed by atoms with Gasteiger partial charge in [-0.15, -0.1) is 0 Å². The smallest absolute Gasteiger partial charge is 0.226 e. The Hall–Kier alpha value is -1.86. The molecule has 2 heterocycles. The summed E-state index contributed by atoms with van der Waals surface area (Å²) in [5, 5.41) is 3.92. The minimum absolute atomic E-state index is 0.370. The molecule has 3 rings (SSSR count). The van der Waals surface area contributed by atoms with Crippen LogP contribution >= 0.6 is 27.5 Å². The molecule has 0 saturated heterocycles. The van der Waals surface area contributed by atoms with Gasteiger partial charge in [-0.05, 0) is 40.0 Å². The average molecular weight is 410 g/mol. The van der Waals surface area contributed by atoms with Crippen LogP contribution in [0, 0.1) is 0 Å². The molecule has 0 saturated carbocycles. The lowest BCUT2D eigenvalue weighted by Gasteiger charge is -2.08. The fourth-order valence-electron chi connectivity index (χ4n) is 2.36. The molecular weight excluding hydrogens is 392 g/mol. The van der Waals surface area contributed by atoms with Crippen molar-refractivity contribution < 1.29 is 0 Å². The van der Waals surface area contributed by atoms with E-state index in [1.54, 1.807) is 0 Å². The minimum atomic E-state index is 0.370. The van der Waals surface area contributed by atoms with Crippen LogP contribution in [0.25, 0.3) is 11.2 Å². The van der Waals surface area contributed by atoms with Gasteiger partial charge in [-0.3, -0.25) is 4.57 Å². The molecule has 0 aliphatic rings. The molecule has 0 spiro atoms. The van der Waals surface area contributed by atoms with Crippen molar-refractivity contribution in [1.29, 1.82) is 0 Å². The first-order chi connectivity index (χ1) is 11.6. The van der Waals surface area contributed by atoms with E-state index in [0.29, 0.717) is 39.2 Å². The largest absolute Gasteiger partial charge is 0.382 e. The molecule has 8 heteroatoms. The molecule has 2 aromatic heterocycles. The number of imidazole rings is 1. The van der Waals surface area contributed by atoms with Crippen molar-refractivity contribution in [1.82, 2.24) is 19.5 Å². The Balaban J connectivity index is 1.96. The highest BCUT2D eigenvalue weighted by molar-refractivity contribution is 9.10. The van der Waals surface area contributed by atoms with E-state index in [-0.39, 0.29) is 0 Å². The van der Waals surface area contributed by atoms with Crippen LogP contribution in [0.5, 0.6) is 0 Å². The van der Waals surface area contributed by atoms with E-state index >= 15 is 0 Å². The maximum atomic E-state index is 6.05. The summed E-state index contributed by atoms with van der Waals surface area (Å²) < 4.78 is 2.63. The first-order valence-electron chi connectivity index (χ1n) is 7.76. The van der Waals surface area contributed by atoms with Crippen LogP contribution in [-0.2, 0) is 6.54 Å². The Morgan fingerprint density at radius 1 is 1.21 bits per heavy atom. The van der Waals surface area contributed by atoms with Crippen LogP contribution in [0.4, 0.5) is 11.8 Å². The Bertz CT molecular complexity index is 846. The van der Waals surface area contributed by atoms with Crippen molar-refractivity contribution in [2.75, 3.05) is 17.6 Å². The highest BCUT2D eigenvalue weighted by Crippen LogP contribution is 2.25. The van der Waals surface area contributed by atoms with Crippen LogP contribution in [0.3, 0.4) is 0 Å². The number of aromatic nitrogens is 4. The van der Waals surface area contributed by atoms with Gasteiger partial charge in [0, 0.05) is 11.6 Å². The fourth-order valence-corrected chi connectivity index (χ4v) is 2.96. The molecule has 0 amide bonds. The zero-order chi connectivity index (χ0) is 17.1. The van der Waals surface area contributed by atoms with E-state index in [0.717, 1.165) is 24.9 Å². The number of unbranched alkanes of at least 4 members (excludes halogenated alkanes) is 1. The van der Waals surface area contributed by atoms with Gasteiger partial charge in [-0.1, -0.05) is 37.1 Å². The van der Waals surface area contributed by atoms with E-state index < -0.39 is 0 Å². The number of hydrogen-bond donors (Lipinski definition) is 2. The quantitative estimate of drug-likeness (QED) is 0.473. The first kappa shape index (κ1) is 17.0. The Morgan fingerprint density at radius 3 is 2.67 bits per heavy atom. The molecular formula is C16H18BrClN6.